The van der Waals surface area contributed by atoms with Gasteiger partial charge in [-0.2, -0.15) is 0 Å². The number of hydrogen-bond acceptors (Lipinski definition) is 5. The molecule has 1 atom stereocenters. The highest BCUT2D eigenvalue weighted by molar-refractivity contribution is 5.96. The molecule has 2 aromatic rings. The molecule has 0 aliphatic carbocycles. The topological polar surface area (TPSA) is 82.0 Å². The monoisotopic (exact) mass is 382 g/mol. The van der Waals surface area contributed by atoms with E-state index in [2.05, 4.69) is 5.32 Å². The Balaban J connectivity index is 1.80. The van der Waals surface area contributed by atoms with Crippen molar-refractivity contribution in [3.8, 4) is 11.5 Å². The average Bonchev–Trinajstić information content (AvgIpc) is 2.70. The molecule has 0 saturated heterocycles. The summed E-state index contributed by atoms with van der Waals surface area (Å²) in [6.07, 6.45) is 0.957. The van der Waals surface area contributed by atoms with Gasteiger partial charge in [0.05, 0.1) is 19.8 Å². The van der Waals surface area contributed by atoms with Gasteiger partial charge < -0.3 is 25.2 Å². The number of nitrogens with one attached hydrogen (secondary N) is 1. The maximum absolute atomic E-state index is 12.9. The van der Waals surface area contributed by atoms with Gasteiger partial charge in [-0.1, -0.05) is 30.3 Å². The third-order valence-corrected chi connectivity index (χ3v) is 5.20. The van der Waals surface area contributed by atoms with Crippen LogP contribution < -0.4 is 15.0 Å². The van der Waals surface area contributed by atoms with Gasteiger partial charge in [0.1, 0.15) is 0 Å². The van der Waals surface area contributed by atoms with E-state index in [1.54, 1.807) is 12.1 Å². The molecule has 0 bridgehead atoms. The summed E-state index contributed by atoms with van der Waals surface area (Å²) in [5, 5.41) is 22.8. The highest BCUT2D eigenvalue weighted by Crippen LogP contribution is 2.39. The second kappa shape index (κ2) is 8.35. The third-order valence-electron chi connectivity index (χ3n) is 5.20. The summed E-state index contributed by atoms with van der Waals surface area (Å²) in [6.45, 7) is 1.75. The number of phenolic OH excluding ortho intramolecular Hbond substituents is 1. The number of anilines is 1. The lowest BCUT2D eigenvalue weighted by Crippen LogP contribution is -2.41. The predicted octanol–water partition coefficient (Wildman–Crippen LogP) is 2.39. The third kappa shape index (κ3) is 3.97. The zero-order chi connectivity index (χ0) is 20.3. The first-order chi connectivity index (χ1) is 13.4. The molecule has 0 unspecified atom stereocenters. The maximum Gasteiger partial charge on any atom is 0.249 e. The summed E-state index contributed by atoms with van der Waals surface area (Å²) in [6, 6.07) is 12.8. The number of fused-ring (bicyclic) bond motifs is 1. The number of nitrogens with zero attached hydrogens (tertiary/aromatic N) is 1. The Morgan fingerprint density at radius 2 is 2.00 bits per heavy atom. The van der Waals surface area contributed by atoms with Gasteiger partial charge in [-0.15, -0.1) is 0 Å². The molecule has 3 N–H and O–H groups in total. The first-order valence-electron chi connectivity index (χ1n) is 9.23. The van der Waals surface area contributed by atoms with Crippen LogP contribution in [-0.4, -0.2) is 42.9 Å². The minimum atomic E-state index is -0.369. The summed E-state index contributed by atoms with van der Waals surface area (Å²) in [5.74, 6) is 0.237. The molecular formula is C22H26N2O4. The van der Waals surface area contributed by atoms with Gasteiger partial charge in [0, 0.05) is 36.5 Å². The highest BCUT2D eigenvalue weighted by Gasteiger charge is 2.27. The molecule has 0 spiro atoms. The summed E-state index contributed by atoms with van der Waals surface area (Å²) in [4.78, 5) is 14.9. The summed E-state index contributed by atoms with van der Waals surface area (Å²) >= 11 is 0. The van der Waals surface area contributed by atoms with Crippen molar-refractivity contribution >= 4 is 11.6 Å². The lowest BCUT2D eigenvalue weighted by molar-refractivity contribution is -0.118. The van der Waals surface area contributed by atoms with E-state index in [0.29, 0.717) is 24.2 Å². The van der Waals surface area contributed by atoms with Crippen LogP contribution in [0.4, 0.5) is 5.69 Å². The Morgan fingerprint density at radius 1 is 1.29 bits per heavy atom. The first kappa shape index (κ1) is 19.8. The number of carbonyl (C=O) groups excluding carboxylic acids is 1. The van der Waals surface area contributed by atoms with E-state index in [1.807, 2.05) is 49.2 Å². The number of rotatable bonds is 6. The standard InChI is InChI=1S/C22H26N2O4/c1-14-18(10-16-11-20(26)21(28-3)12-19(16)24(14)2)22(27)23-17(13-25)9-15-7-5-4-6-8-15/h4-8,11-12,17,25-26H,9-10,13H2,1-3H3,(H,23,27)/t17-/m0/s1. The van der Waals surface area contributed by atoms with Crippen LogP contribution in [0, 0.1) is 0 Å². The number of hydrogen-bond donors (Lipinski definition) is 3. The number of benzene rings is 2. The summed E-state index contributed by atoms with van der Waals surface area (Å²) < 4.78 is 5.19. The van der Waals surface area contributed by atoms with Crippen LogP contribution in [0.2, 0.25) is 0 Å². The van der Waals surface area contributed by atoms with Crippen molar-refractivity contribution in [3.05, 3.63) is 64.9 Å². The minimum Gasteiger partial charge on any atom is -0.504 e. The van der Waals surface area contributed by atoms with E-state index in [4.69, 9.17) is 4.74 Å². The number of aromatic hydroxyl groups is 1. The zero-order valence-electron chi connectivity index (χ0n) is 16.4. The van der Waals surface area contributed by atoms with Crippen molar-refractivity contribution in [1.82, 2.24) is 5.32 Å². The Morgan fingerprint density at radius 3 is 2.64 bits per heavy atom. The SMILES string of the molecule is COc1cc2c(cc1O)CC(C(=O)N[C@H](CO)Cc1ccccc1)=C(C)N2C. The molecule has 3 rings (SSSR count). The van der Waals surface area contributed by atoms with E-state index < -0.39 is 0 Å². The number of allylic oxidation sites excluding steroid dienone is 1. The predicted molar refractivity (Wildman–Crippen MR) is 109 cm³/mol. The molecule has 0 aromatic heterocycles. The largest absolute Gasteiger partial charge is 0.504 e. The van der Waals surface area contributed by atoms with Crippen molar-refractivity contribution in [3.63, 3.8) is 0 Å². The summed E-state index contributed by atoms with van der Waals surface area (Å²) in [5.41, 5.74) is 4.24. The molecule has 2 aromatic carbocycles. The molecule has 0 radical (unpaired) electrons. The molecular weight excluding hydrogens is 356 g/mol. The molecule has 1 heterocycles. The molecule has 148 valence electrons. The van der Waals surface area contributed by atoms with Crippen LogP contribution in [0.1, 0.15) is 18.1 Å². The number of carbonyl (C=O) groups is 1. The fraction of sp³-hybridized carbons (Fsp3) is 0.318. The zero-order valence-corrected chi connectivity index (χ0v) is 16.4. The fourth-order valence-electron chi connectivity index (χ4n) is 3.50. The Labute approximate surface area is 165 Å². The molecule has 1 aliphatic heterocycles. The number of methoxy groups -OCH3 is 1. The van der Waals surface area contributed by atoms with Gasteiger partial charge in [-0.25, -0.2) is 0 Å². The van der Waals surface area contributed by atoms with Crippen LogP contribution in [0.25, 0.3) is 0 Å². The van der Waals surface area contributed by atoms with Crippen molar-refractivity contribution in [2.45, 2.75) is 25.8 Å². The maximum atomic E-state index is 12.9. The van der Waals surface area contributed by atoms with Gasteiger partial charge >= 0.3 is 0 Å². The smallest absolute Gasteiger partial charge is 0.249 e. The normalized spacial score (nSPS) is 14.5. The quantitative estimate of drug-likeness (QED) is 0.715. The molecule has 6 heteroatoms. The van der Waals surface area contributed by atoms with E-state index in [-0.39, 0.29) is 24.3 Å². The number of aliphatic hydroxyl groups excluding tert-OH is 1. The van der Waals surface area contributed by atoms with Gasteiger partial charge in [-0.05, 0) is 30.5 Å². The van der Waals surface area contributed by atoms with E-state index in [9.17, 15) is 15.0 Å². The Bertz CT molecular complexity index is 893. The number of ether oxygens (including phenoxy) is 1. The lowest BCUT2D eigenvalue weighted by Gasteiger charge is -2.31. The molecule has 1 amide bonds. The average molecular weight is 382 g/mol. The minimum absolute atomic E-state index is 0.0475. The molecule has 6 nitrogen and oxygen atoms in total. The van der Waals surface area contributed by atoms with Gasteiger partial charge in [-0.3, -0.25) is 4.79 Å². The van der Waals surface area contributed by atoms with Crippen LogP contribution in [0.3, 0.4) is 0 Å². The molecule has 0 fully saturated rings. The summed E-state index contributed by atoms with van der Waals surface area (Å²) in [7, 11) is 3.39. The van der Waals surface area contributed by atoms with Crippen LogP contribution in [0.15, 0.2) is 53.7 Å². The van der Waals surface area contributed by atoms with Gasteiger partial charge in [0.2, 0.25) is 5.91 Å². The molecule has 1 aliphatic rings. The second-order valence-corrected chi connectivity index (χ2v) is 7.00. The number of phenols is 1. The van der Waals surface area contributed by atoms with Crippen molar-refractivity contribution < 1.29 is 19.7 Å². The molecule has 0 saturated carbocycles. The van der Waals surface area contributed by atoms with Crippen LogP contribution in [-0.2, 0) is 17.6 Å². The van der Waals surface area contributed by atoms with Crippen molar-refractivity contribution in [1.29, 1.82) is 0 Å². The van der Waals surface area contributed by atoms with E-state index in [1.165, 1.54) is 7.11 Å². The van der Waals surface area contributed by atoms with Crippen molar-refractivity contribution in [2.75, 3.05) is 25.7 Å². The Hall–Kier alpha value is -2.99. The number of amides is 1. The van der Waals surface area contributed by atoms with E-state index in [0.717, 1.165) is 22.5 Å². The first-order valence-corrected chi connectivity index (χ1v) is 9.23. The van der Waals surface area contributed by atoms with Crippen LogP contribution >= 0.6 is 0 Å². The Kier molecular flexibility index (Phi) is 5.90. The second-order valence-electron chi connectivity index (χ2n) is 7.00. The fourth-order valence-corrected chi connectivity index (χ4v) is 3.50. The van der Waals surface area contributed by atoms with E-state index >= 15 is 0 Å². The van der Waals surface area contributed by atoms with Gasteiger partial charge in [0.15, 0.2) is 11.5 Å². The highest BCUT2D eigenvalue weighted by atomic mass is 16.5. The molecule has 28 heavy (non-hydrogen) atoms. The van der Waals surface area contributed by atoms with Crippen LogP contribution in [0.5, 0.6) is 11.5 Å². The van der Waals surface area contributed by atoms with Crippen molar-refractivity contribution in [2.24, 2.45) is 0 Å². The lowest BCUT2D eigenvalue weighted by atomic mass is 9.95. The van der Waals surface area contributed by atoms with Gasteiger partial charge in [0.25, 0.3) is 0 Å². The number of aliphatic hydroxyl groups is 1.